The first-order chi connectivity index (χ1) is 9.67. The molecule has 0 saturated heterocycles. The first-order valence-corrected chi connectivity index (χ1v) is 8.12. The zero-order valence-corrected chi connectivity index (χ0v) is 13.6. The van der Waals surface area contributed by atoms with Gasteiger partial charge in [0.15, 0.2) is 0 Å². The lowest BCUT2D eigenvalue weighted by Gasteiger charge is -2.22. The van der Waals surface area contributed by atoms with E-state index in [4.69, 9.17) is 4.74 Å². The summed E-state index contributed by atoms with van der Waals surface area (Å²) >= 11 is 0. The highest BCUT2D eigenvalue weighted by atomic mass is 16.5. The molecule has 2 nitrogen and oxygen atoms in total. The van der Waals surface area contributed by atoms with E-state index < -0.39 is 0 Å². The van der Waals surface area contributed by atoms with E-state index in [9.17, 15) is 0 Å². The summed E-state index contributed by atoms with van der Waals surface area (Å²) in [5.74, 6) is 1.67. The van der Waals surface area contributed by atoms with Crippen LogP contribution in [0.1, 0.15) is 52.5 Å². The highest BCUT2D eigenvalue weighted by Gasteiger charge is 2.12. The van der Waals surface area contributed by atoms with Crippen molar-refractivity contribution in [3.05, 3.63) is 29.8 Å². The summed E-state index contributed by atoms with van der Waals surface area (Å²) in [6.45, 7) is 10.9. The Morgan fingerprint density at radius 1 is 1.05 bits per heavy atom. The van der Waals surface area contributed by atoms with Crippen molar-refractivity contribution in [2.24, 2.45) is 5.92 Å². The minimum Gasteiger partial charge on any atom is -0.494 e. The number of ether oxygens (including phenoxy) is 1. The maximum atomic E-state index is 5.61. The first-order valence-electron chi connectivity index (χ1n) is 8.12. The van der Waals surface area contributed by atoms with E-state index in [-0.39, 0.29) is 0 Å². The molecule has 1 rings (SSSR count). The molecule has 1 aromatic rings. The van der Waals surface area contributed by atoms with E-state index >= 15 is 0 Å². The van der Waals surface area contributed by atoms with Gasteiger partial charge in [0.25, 0.3) is 0 Å². The standard InChI is InChI=1S/C18H31NO/c1-5-13-19-18(15(3)4)12-9-16-7-10-17(11-8-16)20-14-6-2/h7-8,10-11,15,18-19H,5-6,9,12-14H2,1-4H3. The molecule has 1 aromatic carbocycles. The fraction of sp³-hybridized carbons (Fsp3) is 0.667. The van der Waals surface area contributed by atoms with Crippen LogP contribution in [-0.2, 0) is 6.42 Å². The average molecular weight is 277 g/mol. The van der Waals surface area contributed by atoms with Crippen LogP contribution < -0.4 is 10.1 Å². The number of hydrogen-bond acceptors (Lipinski definition) is 2. The predicted octanol–water partition coefficient (Wildman–Crippen LogP) is 4.43. The third kappa shape index (κ3) is 6.42. The number of aryl methyl sites for hydroxylation is 1. The Kier molecular flexibility index (Phi) is 8.36. The van der Waals surface area contributed by atoms with E-state index in [0.717, 1.165) is 31.7 Å². The Bertz CT molecular complexity index is 345. The summed E-state index contributed by atoms with van der Waals surface area (Å²) < 4.78 is 5.61. The van der Waals surface area contributed by atoms with Crippen LogP contribution in [0.15, 0.2) is 24.3 Å². The van der Waals surface area contributed by atoms with Crippen molar-refractivity contribution in [3.8, 4) is 5.75 Å². The van der Waals surface area contributed by atoms with Crippen molar-refractivity contribution in [2.75, 3.05) is 13.2 Å². The van der Waals surface area contributed by atoms with Gasteiger partial charge >= 0.3 is 0 Å². The van der Waals surface area contributed by atoms with Gasteiger partial charge in [0.1, 0.15) is 5.75 Å². The molecule has 20 heavy (non-hydrogen) atoms. The molecule has 1 N–H and O–H groups in total. The van der Waals surface area contributed by atoms with Crippen LogP contribution in [0.25, 0.3) is 0 Å². The molecule has 0 fully saturated rings. The fourth-order valence-corrected chi connectivity index (χ4v) is 2.30. The Morgan fingerprint density at radius 3 is 2.30 bits per heavy atom. The molecule has 0 saturated carbocycles. The second-order valence-corrected chi connectivity index (χ2v) is 5.84. The summed E-state index contributed by atoms with van der Waals surface area (Å²) in [6, 6.07) is 9.19. The van der Waals surface area contributed by atoms with Crippen molar-refractivity contribution in [3.63, 3.8) is 0 Å². The monoisotopic (exact) mass is 277 g/mol. The van der Waals surface area contributed by atoms with Crippen LogP contribution in [0.3, 0.4) is 0 Å². The molecule has 1 atom stereocenters. The predicted molar refractivity (Wildman–Crippen MR) is 87.5 cm³/mol. The van der Waals surface area contributed by atoms with Crippen molar-refractivity contribution < 1.29 is 4.74 Å². The minimum atomic E-state index is 0.617. The molecular weight excluding hydrogens is 246 g/mol. The molecule has 0 aliphatic carbocycles. The van der Waals surface area contributed by atoms with Gasteiger partial charge in [0, 0.05) is 6.04 Å². The molecule has 0 aromatic heterocycles. The van der Waals surface area contributed by atoms with E-state index in [1.54, 1.807) is 0 Å². The van der Waals surface area contributed by atoms with Crippen LogP contribution in [0.5, 0.6) is 5.75 Å². The number of benzene rings is 1. The van der Waals surface area contributed by atoms with E-state index in [0.29, 0.717) is 12.0 Å². The average Bonchev–Trinajstić information content (AvgIpc) is 2.46. The van der Waals surface area contributed by atoms with Crippen molar-refractivity contribution in [2.45, 2.75) is 59.4 Å². The van der Waals surface area contributed by atoms with Gasteiger partial charge in [-0.15, -0.1) is 0 Å². The number of hydrogen-bond donors (Lipinski definition) is 1. The second kappa shape index (κ2) is 9.82. The van der Waals surface area contributed by atoms with Crippen LogP contribution >= 0.6 is 0 Å². The molecule has 0 aliphatic heterocycles. The Morgan fingerprint density at radius 2 is 1.75 bits per heavy atom. The first kappa shape index (κ1) is 17.0. The van der Waals surface area contributed by atoms with Gasteiger partial charge in [0.05, 0.1) is 6.61 Å². The zero-order valence-electron chi connectivity index (χ0n) is 13.6. The largest absolute Gasteiger partial charge is 0.494 e. The van der Waals surface area contributed by atoms with Gasteiger partial charge in [-0.25, -0.2) is 0 Å². The van der Waals surface area contributed by atoms with Gasteiger partial charge in [-0.1, -0.05) is 39.8 Å². The molecule has 0 radical (unpaired) electrons. The summed E-state index contributed by atoms with van der Waals surface area (Å²) in [7, 11) is 0. The smallest absolute Gasteiger partial charge is 0.119 e. The van der Waals surface area contributed by atoms with Gasteiger partial charge in [-0.05, 0) is 55.8 Å². The quantitative estimate of drug-likeness (QED) is 0.683. The Hall–Kier alpha value is -1.02. The molecule has 2 heteroatoms. The maximum absolute atomic E-state index is 5.61. The van der Waals surface area contributed by atoms with Gasteiger partial charge < -0.3 is 10.1 Å². The second-order valence-electron chi connectivity index (χ2n) is 5.84. The molecular formula is C18H31NO. The maximum Gasteiger partial charge on any atom is 0.119 e. The Labute approximate surface area is 124 Å². The summed E-state index contributed by atoms with van der Waals surface area (Å²) in [5, 5.41) is 3.65. The molecule has 0 amide bonds. The number of nitrogens with one attached hydrogen (secondary N) is 1. The molecule has 114 valence electrons. The topological polar surface area (TPSA) is 21.3 Å². The van der Waals surface area contributed by atoms with Crippen molar-refractivity contribution in [1.82, 2.24) is 5.32 Å². The molecule has 0 aliphatic rings. The molecule has 0 bridgehead atoms. The summed E-state index contributed by atoms with van der Waals surface area (Å²) in [5.41, 5.74) is 1.40. The minimum absolute atomic E-state index is 0.617. The SMILES string of the molecule is CCCNC(CCc1ccc(OCCC)cc1)C(C)C. The highest BCUT2D eigenvalue weighted by molar-refractivity contribution is 5.27. The highest BCUT2D eigenvalue weighted by Crippen LogP contribution is 2.16. The Balaban J connectivity index is 2.42. The third-order valence-electron chi connectivity index (χ3n) is 3.60. The van der Waals surface area contributed by atoms with E-state index in [2.05, 4.69) is 57.3 Å². The lowest BCUT2D eigenvalue weighted by atomic mass is 9.96. The molecule has 0 heterocycles. The summed E-state index contributed by atoms with van der Waals surface area (Å²) in [4.78, 5) is 0. The van der Waals surface area contributed by atoms with Gasteiger partial charge in [-0.3, -0.25) is 0 Å². The summed E-state index contributed by atoms with van der Waals surface area (Å²) in [6.07, 6.45) is 4.59. The third-order valence-corrected chi connectivity index (χ3v) is 3.60. The van der Waals surface area contributed by atoms with Crippen LogP contribution in [-0.4, -0.2) is 19.2 Å². The lowest BCUT2D eigenvalue weighted by Crippen LogP contribution is -2.34. The van der Waals surface area contributed by atoms with Gasteiger partial charge in [-0.2, -0.15) is 0 Å². The van der Waals surface area contributed by atoms with Crippen molar-refractivity contribution >= 4 is 0 Å². The normalized spacial score (nSPS) is 12.7. The van der Waals surface area contributed by atoms with E-state index in [1.165, 1.54) is 18.4 Å². The van der Waals surface area contributed by atoms with Crippen molar-refractivity contribution in [1.29, 1.82) is 0 Å². The fourth-order valence-electron chi connectivity index (χ4n) is 2.30. The number of rotatable bonds is 10. The van der Waals surface area contributed by atoms with Crippen LogP contribution in [0.4, 0.5) is 0 Å². The van der Waals surface area contributed by atoms with Crippen LogP contribution in [0.2, 0.25) is 0 Å². The molecule has 1 unspecified atom stereocenters. The van der Waals surface area contributed by atoms with E-state index in [1.807, 2.05) is 0 Å². The molecule has 0 spiro atoms. The lowest BCUT2D eigenvalue weighted by molar-refractivity contribution is 0.317. The van der Waals surface area contributed by atoms with Crippen LogP contribution in [0, 0.1) is 5.92 Å². The van der Waals surface area contributed by atoms with Gasteiger partial charge in [0.2, 0.25) is 0 Å². The zero-order chi connectivity index (χ0) is 14.8.